The van der Waals surface area contributed by atoms with Crippen LogP contribution in [0.1, 0.15) is 12.7 Å². The third-order valence-corrected chi connectivity index (χ3v) is 3.18. The van der Waals surface area contributed by atoms with Crippen molar-refractivity contribution in [1.82, 2.24) is 30.2 Å². The van der Waals surface area contributed by atoms with E-state index < -0.39 is 0 Å². The Bertz CT molecular complexity index is 706. The van der Waals surface area contributed by atoms with Gasteiger partial charge in [0.1, 0.15) is 0 Å². The molecular weight excluding hydrogens is 268 g/mol. The third-order valence-electron chi connectivity index (χ3n) is 3.18. The molecule has 0 spiro atoms. The lowest BCUT2D eigenvalue weighted by Gasteiger charge is -2.04. The van der Waals surface area contributed by atoms with E-state index in [1.165, 1.54) is 0 Å². The summed E-state index contributed by atoms with van der Waals surface area (Å²) < 4.78 is 7.01. The minimum Gasteiger partial charge on any atom is -0.334 e. The highest BCUT2D eigenvalue weighted by Crippen LogP contribution is 2.19. The zero-order valence-corrected chi connectivity index (χ0v) is 11.9. The van der Waals surface area contributed by atoms with Crippen LogP contribution in [0.2, 0.25) is 0 Å². The summed E-state index contributed by atoms with van der Waals surface area (Å²) in [4.78, 5) is 8.69. The van der Waals surface area contributed by atoms with Gasteiger partial charge in [-0.2, -0.15) is 10.1 Å². The molecule has 21 heavy (non-hydrogen) atoms. The molecule has 1 unspecified atom stereocenters. The summed E-state index contributed by atoms with van der Waals surface area (Å²) in [7, 11) is 1.91. The molecule has 0 saturated carbocycles. The predicted octanol–water partition coefficient (Wildman–Crippen LogP) is 1.47. The van der Waals surface area contributed by atoms with Gasteiger partial charge in [-0.3, -0.25) is 0 Å². The molecule has 3 rings (SSSR count). The third kappa shape index (κ3) is 2.97. The highest BCUT2D eigenvalue weighted by atomic mass is 16.5. The van der Waals surface area contributed by atoms with Crippen LogP contribution in [0.5, 0.6) is 0 Å². The lowest BCUT2D eigenvalue weighted by Crippen LogP contribution is -2.24. The minimum absolute atomic E-state index is 0.299. The second kappa shape index (κ2) is 5.84. The first-order chi connectivity index (χ1) is 10.3. The molecule has 1 atom stereocenters. The Kier molecular flexibility index (Phi) is 3.74. The van der Waals surface area contributed by atoms with Crippen LogP contribution in [-0.2, 0) is 6.42 Å². The van der Waals surface area contributed by atoms with Gasteiger partial charge in [0, 0.05) is 36.6 Å². The normalized spacial score (nSPS) is 12.5. The van der Waals surface area contributed by atoms with Gasteiger partial charge in [0.05, 0.1) is 0 Å². The van der Waals surface area contributed by atoms with Gasteiger partial charge in [-0.25, -0.2) is 9.67 Å². The molecule has 7 heteroatoms. The van der Waals surface area contributed by atoms with Crippen LogP contribution < -0.4 is 5.32 Å². The summed E-state index contributed by atoms with van der Waals surface area (Å²) in [6.45, 7) is 2.07. The summed E-state index contributed by atoms with van der Waals surface area (Å²) in [5, 5.41) is 11.3. The number of hydrogen-bond donors (Lipinski definition) is 1. The smallest absolute Gasteiger partial charge is 0.258 e. The molecule has 0 fully saturated rings. The summed E-state index contributed by atoms with van der Waals surface area (Å²) in [5.41, 5.74) is 0.825. The molecule has 1 N–H and O–H groups in total. The zero-order chi connectivity index (χ0) is 14.7. The second-order valence-electron chi connectivity index (χ2n) is 4.76. The molecule has 3 heterocycles. The van der Waals surface area contributed by atoms with Crippen molar-refractivity contribution in [2.45, 2.75) is 19.4 Å². The Morgan fingerprint density at radius 1 is 1.38 bits per heavy atom. The zero-order valence-electron chi connectivity index (χ0n) is 11.9. The van der Waals surface area contributed by atoms with Gasteiger partial charge in [-0.05, 0) is 32.2 Å². The van der Waals surface area contributed by atoms with E-state index in [2.05, 4.69) is 32.5 Å². The number of likely N-dealkylation sites (N-methyl/N-ethyl adjacent to an activating group) is 1. The summed E-state index contributed by atoms with van der Waals surface area (Å²) in [5.74, 6) is 1.88. The van der Waals surface area contributed by atoms with Crippen LogP contribution in [0.4, 0.5) is 0 Å². The summed E-state index contributed by atoms with van der Waals surface area (Å²) >= 11 is 0. The highest BCUT2D eigenvalue weighted by Gasteiger charge is 2.12. The summed E-state index contributed by atoms with van der Waals surface area (Å²) in [6.07, 6.45) is 5.96. The Labute approximate surface area is 122 Å². The number of rotatable bonds is 5. The van der Waals surface area contributed by atoms with E-state index in [0.29, 0.717) is 23.6 Å². The van der Waals surface area contributed by atoms with Gasteiger partial charge in [-0.1, -0.05) is 5.16 Å². The largest absolute Gasteiger partial charge is 0.334 e. The van der Waals surface area contributed by atoms with Crippen molar-refractivity contribution in [2.24, 2.45) is 0 Å². The van der Waals surface area contributed by atoms with Gasteiger partial charge in [0.25, 0.3) is 5.89 Å². The molecule has 0 aliphatic rings. The van der Waals surface area contributed by atoms with E-state index in [4.69, 9.17) is 4.52 Å². The maximum absolute atomic E-state index is 5.32. The van der Waals surface area contributed by atoms with E-state index in [1.54, 1.807) is 17.1 Å². The lowest BCUT2D eigenvalue weighted by molar-refractivity contribution is 0.418. The average molecular weight is 284 g/mol. The minimum atomic E-state index is 0.299. The molecule has 0 radical (unpaired) electrons. The Hall–Kier alpha value is -2.54. The molecule has 3 aromatic rings. The van der Waals surface area contributed by atoms with E-state index in [1.807, 2.05) is 31.4 Å². The Morgan fingerprint density at radius 2 is 2.29 bits per heavy atom. The van der Waals surface area contributed by atoms with Gasteiger partial charge < -0.3 is 9.84 Å². The molecule has 0 aliphatic heterocycles. The number of aromatic nitrogens is 5. The molecule has 0 amide bonds. The van der Waals surface area contributed by atoms with Gasteiger partial charge in [-0.15, -0.1) is 0 Å². The fraction of sp³-hybridized carbons (Fsp3) is 0.286. The van der Waals surface area contributed by atoms with Crippen molar-refractivity contribution >= 4 is 0 Å². The van der Waals surface area contributed by atoms with E-state index in [0.717, 1.165) is 12.0 Å². The first-order valence-corrected chi connectivity index (χ1v) is 6.72. The van der Waals surface area contributed by atoms with Crippen LogP contribution in [0.25, 0.3) is 17.3 Å². The number of nitrogens with zero attached hydrogens (tertiary/aromatic N) is 5. The molecule has 3 aromatic heterocycles. The Balaban J connectivity index is 1.86. The maximum Gasteiger partial charge on any atom is 0.258 e. The van der Waals surface area contributed by atoms with Crippen molar-refractivity contribution in [3.63, 3.8) is 0 Å². The Morgan fingerprint density at radius 3 is 3.05 bits per heavy atom. The molecular formula is C14H16N6O. The lowest BCUT2D eigenvalue weighted by atomic mass is 10.2. The van der Waals surface area contributed by atoms with Gasteiger partial charge in [0.2, 0.25) is 0 Å². The quantitative estimate of drug-likeness (QED) is 0.764. The molecule has 0 aromatic carbocycles. The fourth-order valence-corrected chi connectivity index (χ4v) is 1.91. The van der Waals surface area contributed by atoms with Gasteiger partial charge >= 0.3 is 0 Å². The van der Waals surface area contributed by atoms with Crippen LogP contribution in [0.3, 0.4) is 0 Å². The standard InChI is InChI=1S/C14H16N6O/c1-10(15-2)8-12-18-14(21-19-12)11-4-6-16-13(9-11)20-7-3-5-17-20/h3-7,9-10,15H,8H2,1-2H3. The molecule has 0 saturated heterocycles. The van der Waals surface area contributed by atoms with Crippen molar-refractivity contribution in [2.75, 3.05) is 7.05 Å². The average Bonchev–Trinajstić information content (AvgIpc) is 3.19. The fourth-order valence-electron chi connectivity index (χ4n) is 1.91. The number of nitrogens with one attached hydrogen (secondary N) is 1. The molecule has 7 nitrogen and oxygen atoms in total. The monoisotopic (exact) mass is 284 g/mol. The summed E-state index contributed by atoms with van der Waals surface area (Å²) in [6, 6.07) is 5.85. The van der Waals surface area contributed by atoms with E-state index in [9.17, 15) is 0 Å². The number of hydrogen-bond acceptors (Lipinski definition) is 6. The molecule has 0 bridgehead atoms. The number of pyridine rings is 1. The van der Waals surface area contributed by atoms with Crippen LogP contribution in [0.15, 0.2) is 41.3 Å². The van der Waals surface area contributed by atoms with Crippen LogP contribution in [0, 0.1) is 0 Å². The van der Waals surface area contributed by atoms with Crippen LogP contribution >= 0.6 is 0 Å². The van der Waals surface area contributed by atoms with Crippen molar-refractivity contribution in [3.05, 3.63) is 42.6 Å². The second-order valence-corrected chi connectivity index (χ2v) is 4.76. The van der Waals surface area contributed by atoms with Crippen molar-refractivity contribution in [3.8, 4) is 17.3 Å². The van der Waals surface area contributed by atoms with E-state index in [-0.39, 0.29) is 0 Å². The first-order valence-electron chi connectivity index (χ1n) is 6.72. The molecule has 0 aliphatic carbocycles. The van der Waals surface area contributed by atoms with Gasteiger partial charge in [0.15, 0.2) is 11.6 Å². The highest BCUT2D eigenvalue weighted by molar-refractivity contribution is 5.54. The van der Waals surface area contributed by atoms with Crippen molar-refractivity contribution in [1.29, 1.82) is 0 Å². The maximum atomic E-state index is 5.32. The van der Waals surface area contributed by atoms with Crippen LogP contribution in [-0.4, -0.2) is 38.0 Å². The SMILES string of the molecule is CNC(C)Cc1noc(-c2ccnc(-n3cccn3)c2)n1. The predicted molar refractivity (Wildman–Crippen MR) is 76.9 cm³/mol. The molecule has 108 valence electrons. The van der Waals surface area contributed by atoms with E-state index >= 15 is 0 Å². The van der Waals surface area contributed by atoms with Crippen molar-refractivity contribution < 1.29 is 4.52 Å². The first kappa shape index (κ1) is 13.4. The topological polar surface area (TPSA) is 81.7 Å².